The molecule has 0 atom stereocenters. The number of fused-ring (bicyclic) bond motifs is 1. The molecule has 8 nitrogen and oxygen atoms in total. The Labute approximate surface area is 254 Å². The molecule has 6 aromatic rings. The van der Waals surface area contributed by atoms with E-state index in [0.717, 1.165) is 23.7 Å². The molecule has 0 bridgehead atoms. The fraction of sp³-hybridized carbons (Fsp3) is 0.0968. The summed E-state index contributed by atoms with van der Waals surface area (Å²) in [6.07, 6.45) is 1.26. The molecule has 0 aliphatic rings. The number of rotatable bonds is 8. The summed E-state index contributed by atoms with van der Waals surface area (Å²) in [6.45, 7) is 0.00198. The number of nitrogens with zero attached hydrogens (tertiary/aromatic N) is 5. The Balaban J connectivity index is 1.44. The number of aromatic nitrogens is 4. The first-order valence-electron chi connectivity index (χ1n) is 13.1. The molecule has 13 heteroatoms. The third-order valence-corrected chi connectivity index (χ3v) is 9.50. The van der Waals surface area contributed by atoms with Gasteiger partial charge in [-0.3, -0.25) is 9.97 Å². The zero-order chi connectivity index (χ0) is 30.9. The predicted octanol–water partition coefficient (Wildman–Crippen LogP) is 7.24. The average Bonchev–Trinajstić information content (AvgIpc) is 3.57. The normalized spacial score (nSPS) is 11.9. The standard InChI is InChI=1S/C31H22F3N5O3S2/c1-42-24-5-2-20(3-6-24)18-39(30-37-19-38-43-30)44(40,41)25-7-9-26-22(16-25)12-15-36-29(26)27-8-4-23(31(32,33)34)17-28(27)21-10-13-35-14-11-21/h2-17,19H,18H2,1H3. The van der Waals surface area contributed by atoms with Crippen LogP contribution in [0.2, 0.25) is 0 Å². The van der Waals surface area contributed by atoms with E-state index < -0.39 is 21.8 Å². The van der Waals surface area contributed by atoms with Crippen LogP contribution >= 0.6 is 11.5 Å². The summed E-state index contributed by atoms with van der Waals surface area (Å²) in [5.41, 5.74) is 1.64. The number of hydrogen-bond acceptors (Lipinski definition) is 8. The Kier molecular flexibility index (Phi) is 7.74. The van der Waals surface area contributed by atoms with Crippen LogP contribution in [0, 0.1) is 0 Å². The van der Waals surface area contributed by atoms with E-state index in [0.29, 0.717) is 44.5 Å². The zero-order valence-electron chi connectivity index (χ0n) is 22.9. The minimum atomic E-state index is -4.54. The number of anilines is 1. The molecule has 0 amide bonds. The van der Waals surface area contributed by atoms with Crippen molar-refractivity contribution < 1.29 is 26.3 Å². The van der Waals surface area contributed by atoms with E-state index in [1.54, 1.807) is 55.6 Å². The van der Waals surface area contributed by atoms with Gasteiger partial charge < -0.3 is 4.74 Å². The van der Waals surface area contributed by atoms with E-state index >= 15 is 0 Å². The molecule has 6 rings (SSSR count). The lowest BCUT2D eigenvalue weighted by atomic mass is 9.93. The van der Waals surface area contributed by atoms with Crippen molar-refractivity contribution in [2.45, 2.75) is 17.6 Å². The van der Waals surface area contributed by atoms with Crippen LogP contribution in [0.25, 0.3) is 33.2 Å². The van der Waals surface area contributed by atoms with Crippen LogP contribution in [-0.4, -0.2) is 34.9 Å². The molecule has 0 saturated heterocycles. The molecule has 0 fully saturated rings. The van der Waals surface area contributed by atoms with E-state index in [9.17, 15) is 21.6 Å². The van der Waals surface area contributed by atoms with Crippen molar-refractivity contribution in [1.82, 2.24) is 19.3 Å². The van der Waals surface area contributed by atoms with Crippen LogP contribution in [0.3, 0.4) is 0 Å². The molecule has 0 aliphatic carbocycles. The second-order valence-corrected chi connectivity index (χ2v) is 12.2. The van der Waals surface area contributed by atoms with Crippen molar-refractivity contribution in [3.05, 3.63) is 115 Å². The third kappa shape index (κ3) is 5.71. The Hall–Kier alpha value is -4.88. The summed E-state index contributed by atoms with van der Waals surface area (Å²) >= 11 is 0.952. The minimum absolute atomic E-state index is 0.00198. The fourth-order valence-electron chi connectivity index (χ4n) is 4.79. The molecule has 0 aliphatic heterocycles. The van der Waals surface area contributed by atoms with Gasteiger partial charge in [-0.25, -0.2) is 17.7 Å². The molecule has 222 valence electrons. The Morgan fingerprint density at radius 2 is 1.64 bits per heavy atom. The highest BCUT2D eigenvalue weighted by Gasteiger charge is 2.32. The third-order valence-electron chi connectivity index (χ3n) is 6.97. The van der Waals surface area contributed by atoms with Crippen molar-refractivity contribution >= 4 is 37.5 Å². The highest BCUT2D eigenvalue weighted by atomic mass is 32.2. The zero-order valence-corrected chi connectivity index (χ0v) is 24.6. The molecule has 44 heavy (non-hydrogen) atoms. The van der Waals surface area contributed by atoms with Crippen LogP contribution in [-0.2, 0) is 22.7 Å². The number of benzene rings is 3. The second-order valence-electron chi connectivity index (χ2n) is 9.62. The highest BCUT2D eigenvalue weighted by Crippen LogP contribution is 2.40. The monoisotopic (exact) mass is 633 g/mol. The van der Waals surface area contributed by atoms with Crippen LogP contribution in [0.5, 0.6) is 5.75 Å². The van der Waals surface area contributed by atoms with E-state index in [4.69, 9.17) is 4.74 Å². The van der Waals surface area contributed by atoms with Gasteiger partial charge in [0.15, 0.2) is 0 Å². The Morgan fingerprint density at radius 3 is 2.32 bits per heavy atom. The number of alkyl halides is 3. The first-order chi connectivity index (χ1) is 21.1. The van der Waals surface area contributed by atoms with Crippen molar-refractivity contribution in [1.29, 1.82) is 0 Å². The van der Waals surface area contributed by atoms with Crippen LogP contribution < -0.4 is 9.04 Å². The van der Waals surface area contributed by atoms with Gasteiger partial charge in [-0.15, -0.1) is 0 Å². The molecular formula is C31H22F3N5O3S2. The summed E-state index contributed by atoms with van der Waals surface area (Å²) in [7, 11) is -2.58. The molecule has 3 aromatic carbocycles. The number of methoxy groups -OCH3 is 1. The molecule has 3 aromatic heterocycles. The van der Waals surface area contributed by atoms with Gasteiger partial charge in [0.25, 0.3) is 10.0 Å². The Bertz CT molecular complexity index is 2040. The number of ether oxygens (including phenoxy) is 1. The van der Waals surface area contributed by atoms with Gasteiger partial charge in [-0.05, 0) is 76.7 Å². The van der Waals surface area contributed by atoms with E-state index in [-0.39, 0.29) is 16.6 Å². The van der Waals surface area contributed by atoms with Crippen LogP contribution in [0.1, 0.15) is 11.1 Å². The van der Waals surface area contributed by atoms with E-state index in [1.165, 1.54) is 47.4 Å². The lowest BCUT2D eigenvalue weighted by molar-refractivity contribution is -0.137. The van der Waals surface area contributed by atoms with Crippen molar-refractivity contribution in [3.8, 4) is 28.1 Å². The second kappa shape index (κ2) is 11.7. The molecule has 0 N–H and O–H groups in total. The maximum Gasteiger partial charge on any atom is 0.416 e. The lowest BCUT2D eigenvalue weighted by Gasteiger charge is -2.22. The molecule has 3 heterocycles. The predicted molar refractivity (Wildman–Crippen MR) is 162 cm³/mol. The van der Waals surface area contributed by atoms with Gasteiger partial charge in [0.2, 0.25) is 5.13 Å². The summed E-state index contributed by atoms with van der Waals surface area (Å²) in [5, 5.41) is 1.31. The SMILES string of the molecule is COc1ccc(CN(c2ncns2)S(=O)(=O)c2ccc3c(-c4ccc(C(F)(F)F)cc4-c4ccncc4)nccc3c2)cc1. The van der Waals surface area contributed by atoms with Crippen molar-refractivity contribution in [2.24, 2.45) is 0 Å². The van der Waals surface area contributed by atoms with Crippen LogP contribution in [0.15, 0.2) is 109 Å². The number of sulfonamides is 1. The van der Waals surface area contributed by atoms with Crippen molar-refractivity contribution in [3.63, 3.8) is 0 Å². The van der Waals surface area contributed by atoms with Crippen molar-refractivity contribution in [2.75, 3.05) is 11.4 Å². The van der Waals surface area contributed by atoms with Gasteiger partial charge in [-0.2, -0.15) is 17.5 Å². The van der Waals surface area contributed by atoms with Gasteiger partial charge in [-0.1, -0.05) is 24.3 Å². The van der Waals surface area contributed by atoms with E-state index in [2.05, 4.69) is 19.3 Å². The molecule has 0 spiro atoms. The smallest absolute Gasteiger partial charge is 0.416 e. The summed E-state index contributed by atoms with van der Waals surface area (Å²) in [6, 6.07) is 20.0. The summed E-state index contributed by atoms with van der Waals surface area (Å²) in [5.74, 6) is 0.637. The number of pyridine rings is 2. The Morgan fingerprint density at radius 1 is 0.864 bits per heavy atom. The summed E-state index contributed by atoms with van der Waals surface area (Å²) in [4.78, 5) is 12.7. The average molecular weight is 634 g/mol. The topological polar surface area (TPSA) is 98.2 Å². The first-order valence-corrected chi connectivity index (χ1v) is 15.3. The highest BCUT2D eigenvalue weighted by molar-refractivity contribution is 7.93. The molecule has 0 saturated carbocycles. The lowest BCUT2D eigenvalue weighted by Crippen LogP contribution is -2.30. The molecule has 0 radical (unpaired) electrons. The molecule has 0 unspecified atom stereocenters. The van der Waals surface area contributed by atoms with E-state index in [1.807, 2.05) is 0 Å². The maximum absolute atomic E-state index is 14.0. The van der Waals surface area contributed by atoms with Gasteiger partial charge >= 0.3 is 6.18 Å². The number of hydrogen-bond donors (Lipinski definition) is 0. The first kappa shape index (κ1) is 29.2. The molecular weight excluding hydrogens is 612 g/mol. The minimum Gasteiger partial charge on any atom is -0.497 e. The number of halogens is 3. The fourth-order valence-corrected chi connectivity index (χ4v) is 6.96. The van der Waals surface area contributed by atoms with Gasteiger partial charge in [0, 0.05) is 41.1 Å². The maximum atomic E-state index is 14.0. The summed E-state index contributed by atoms with van der Waals surface area (Å²) < 4.78 is 79.5. The van der Waals surface area contributed by atoms with Gasteiger partial charge in [0.1, 0.15) is 12.1 Å². The quantitative estimate of drug-likeness (QED) is 0.174. The largest absolute Gasteiger partial charge is 0.497 e. The van der Waals surface area contributed by atoms with Crippen LogP contribution in [0.4, 0.5) is 18.3 Å². The van der Waals surface area contributed by atoms with Gasteiger partial charge in [0.05, 0.1) is 29.8 Å².